The predicted molar refractivity (Wildman–Crippen MR) is 140 cm³/mol. The fourth-order valence-electron chi connectivity index (χ4n) is 4.93. The van der Waals surface area contributed by atoms with Gasteiger partial charge in [-0.3, -0.25) is 14.5 Å². The quantitative estimate of drug-likeness (QED) is 0.425. The minimum atomic E-state index is -0.526. The first-order chi connectivity index (χ1) is 18.0. The van der Waals surface area contributed by atoms with Crippen LogP contribution in [0.25, 0.3) is 11.8 Å². The third-order valence-electron chi connectivity index (χ3n) is 6.75. The summed E-state index contributed by atoms with van der Waals surface area (Å²) in [6.07, 6.45) is 5.45. The lowest BCUT2D eigenvalue weighted by molar-refractivity contribution is -0.133. The molecule has 2 aliphatic rings. The number of Topliss-reactive ketones (excluding diaryl/α,β-unsaturated/α-hetero) is 1. The van der Waals surface area contributed by atoms with Gasteiger partial charge in [0.25, 0.3) is 0 Å². The number of carbonyl (C=O) groups excluding carboxylic acids is 2. The number of ketones is 1. The normalized spacial score (nSPS) is 20.5. The van der Waals surface area contributed by atoms with E-state index < -0.39 is 6.04 Å². The largest absolute Gasteiger partial charge is 0.379 e. The van der Waals surface area contributed by atoms with Crippen molar-refractivity contribution in [2.45, 2.75) is 24.9 Å². The Labute approximate surface area is 224 Å². The zero-order chi connectivity index (χ0) is 25.8. The molecule has 192 valence electrons. The van der Waals surface area contributed by atoms with Crippen LogP contribution in [0.2, 0.25) is 10.0 Å². The highest BCUT2D eigenvalue weighted by molar-refractivity contribution is 6.31. The summed E-state index contributed by atoms with van der Waals surface area (Å²) >= 11 is 12.3. The molecule has 1 aromatic heterocycles. The van der Waals surface area contributed by atoms with Gasteiger partial charge in [-0.2, -0.15) is 4.68 Å². The minimum Gasteiger partial charge on any atom is -0.379 e. The van der Waals surface area contributed by atoms with Crippen molar-refractivity contribution >= 4 is 41.0 Å². The molecule has 0 aliphatic carbocycles. The molecule has 3 aromatic rings. The van der Waals surface area contributed by atoms with Gasteiger partial charge in [0.1, 0.15) is 6.33 Å². The van der Waals surface area contributed by atoms with Crippen molar-refractivity contribution in [3.05, 3.63) is 76.0 Å². The monoisotopic (exact) mass is 540 g/mol. The molecule has 3 heterocycles. The molecule has 37 heavy (non-hydrogen) atoms. The van der Waals surface area contributed by atoms with Crippen LogP contribution in [0.3, 0.4) is 0 Å². The molecule has 2 atom stereocenters. The average molecular weight is 541 g/mol. The SMILES string of the molecule is O=C(Cc1cccc(Cl)c1)[C@@H]1C[C@H](N2CCOCC2)CN1C(=O)/C=C/c1cc(Cl)ccc1-n1cnnn1. The highest BCUT2D eigenvalue weighted by Crippen LogP contribution is 2.27. The highest BCUT2D eigenvalue weighted by Gasteiger charge is 2.41. The number of amides is 1. The van der Waals surface area contributed by atoms with E-state index in [2.05, 4.69) is 20.4 Å². The standard InChI is InChI=1S/C26H26Cl2N6O3/c27-20-3-1-2-18(12-20)13-25(35)24-15-22(32-8-10-37-11-9-32)16-33(24)26(36)7-4-19-14-21(28)5-6-23(19)34-17-29-30-31-34/h1-7,12,14,17,22,24H,8-11,13,15-16H2/b7-4+/t22-,24-/m0/s1. The molecule has 5 rings (SSSR count). The first-order valence-electron chi connectivity index (χ1n) is 12.1. The van der Waals surface area contributed by atoms with Crippen LogP contribution >= 0.6 is 23.2 Å². The summed E-state index contributed by atoms with van der Waals surface area (Å²) in [4.78, 5) is 30.9. The maximum Gasteiger partial charge on any atom is 0.247 e. The van der Waals surface area contributed by atoms with Gasteiger partial charge in [0.2, 0.25) is 5.91 Å². The van der Waals surface area contributed by atoms with Crippen molar-refractivity contribution < 1.29 is 14.3 Å². The second-order valence-electron chi connectivity index (χ2n) is 9.11. The summed E-state index contributed by atoms with van der Waals surface area (Å²) in [5.74, 6) is -0.236. The molecule has 2 aliphatic heterocycles. The van der Waals surface area contributed by atoms with Gasteiger partial charge in [0, 0.05) is 53.8 Å². The Kier molecular flexibility index (Phi) is 7.95. The lowest BCUT2D eigenvalue weighted by atomic mass is 10.0. The topological polar surface area (TPSA) is 93.5 Å². The molecule has 0 radical (unpaired) electrons. The van der Waals surface area contributed by atoms with E-state index in [1.54, 1.807) is 41.3 Å². The van der Waals surface area contributed by atoms with Gasteiger partial charge in [-0.05, 0) is 58.8 Å². The Morgan fingerprint density at radius 3 is 2.65 bits per heavy atom. The first-order valence-corrected chi connectivity index (χ1v) is 12.8. The number of ether oxygens (including phenoxy) is 1. The summed E-state index contributed by atoms with van der Waals surface area (Å²) < 4.78 is 7.00. The number of rotatable bonds is 7. The molecule has 0 spiro atoms. The second-order valence-corrected chi connectivity index (χ2v) is 9.98. The number of tetrazole rings is 1. The molecule has 0 bridgehead atoms. The van der Waals surface area contributed by atoms with Gasteiger partial charge in [0.15, 0.2) is 5.78 Å². The Balaban J connectivity index is 1.38. The van der Waals surface area contributed by atoms with E-state index in [1.165, 1.54) is 17.1 Å². The summed E-state index contributed by atoms with van der Waals surface area (Å²) in [5, 5.41) is 12.4. The summed E-state index contributed by atoms with van der Waals surface area (Å²) in [6.45, 7) is 3.36. The molecule has 0 saturated carbocycles. The fraction of sp³-hybridized carbons (Fsp3) is 0.346. The van der Waals surface area contributed by atoms with Gasteiger partial charge < -0.3 is 9.64 Å². The average Bonchev–Trinajstić information content (AvgIpc) is 3.59. The molecule has 9 nitrogen and oxygen atoms in total. The number of aromatic nitrogens is 4. The van der Waals surface area contributed by atoms with Gasteiger partial charge in [-0.15, -0.1) is 5.10 Å². The van der Waals surface area contributed by atoms with E-state index in [-0.39, 0.29) is 24.2 Å². The number of hydrogen-bond acceptors (Lipinski definition) is 7. The van der Waals surface area contributed by atoms with Crippen LogP contribution in [0.5, 0.6) is 0 Å². The maximum absolute atomic E-state index is 13.5. The van der Waals surface area contributed by atoms with Gasteiger partial charge in [0.05, 0.1) is 24.9 Å². The molecule has 0 unspecified atom stereocenters. The Hall–Kier alpha value is -3.11. The number of halogens is 2. The van der Waals surface area contributed by atoms with Crippen LogP contribution in [0.15, 0.2) is 54.9 Å². The number of nitrogens with zero attached hydrogens (tertiary/aromatic N) is 6. The van der Waals surface area contributed by atoms with Crippen LogP contribution in [0.1, 0.15) is 17.5 Å². The lowest BCUT2D eigenvalue weighted by Gasteiger charge is -2.31. The lowest BCUT2D eigenvalue weighted by Crippen LogP contribution is -2.45. The third-order valence-corrected chi connectivity index (χ3v) is 7.22. The van der Waals surface area contributed by atoms with Crippen LogP contribution < -0.4 is 0 Å². The van der Waals surface area contributed by atoms with Crippen LogP contribution in [-0.4, -0.2) is 86.6 Å². The fourth-order valence-corrected chi connectivity index (χ4v) is 5.33. The van der Waals surface area contributed by atoms with Gasteiger partial charge >= 0.3 is 0 Å². The van der Waals surface area contributed by atoms with Crippen LogP contribution in [-0.2, 0) is 20.7 Å². The molecule has 0 N–H and O–H groups in total. The number of morpholine rings is 1. The van der Waals surface area contributed by atoms with Crippen molar-refractivity contribution in [1.29, 1.82) is 0 Å². The number of likely N-dealkylation sites (tertiary alicyclic amines) is 1. The van der Waals surface area contributed by atoms with Crippen molar-refractivity contribution in [3.63, 3.8) is 0 Å². The van der Waals surface area contributed by atoms with E-state index in [0.29, 0.717) is 47.5 Å². The molecule has 11 heteroatoms. The summed E-state index contributed by atoms with van der Waals surface area (Å²) in [7, 11) is 0. The molecule has 2 fully saturated rings. The second kappa shape index (κ2) is 11.5. The number of benzene rings is 2. The van der Waals surface area contributed by atoms with E-state index in [9.17, 15) is 9.59 Å². The van der Waals surface area contributed by atoms with Crippen LogP contribution in [0, 0.1) is 0 Å². The van der Waals surface area contributed by atoms with Crippen LogP contribution in [0.4, 0.5) is 0 Å². The van der Waals surface area contributed by atoms with E-state index >= 15 is 0 Å². The van der Waals surface area contributed by atoms with E-state index in [0.717, 1.165) is 18.7 Å². The first kappa shape index (κ1) is 25.5. The van der Waals surface area contributed by atoms with Gasteiger partial charge in [-0.25, -0.2) is 0 Å². The van der Waals surface area contributed by atoms with Crippen molar-refractivity contribution in [1.82, 2.24) is 30.0 Å². The van der Waals surface area contributed by atoms with Crippen molar-refractivity contribution in [2.24, 2.45) is 0 Å². The summed E-state index contributed by atoms with van der Waals surface area (Å²) in [5.41, 5.74) is 2.19. The molecule has 1 amide bonds. The van der Waals surface area contributed by atoms with Crippen molar-refractivity contribution in [2.75, 3.05) is 32.8 Å². The molecular weight excluding hydrogens is 515 g/mol. The Morgan fingerprint density at radius 2 is 1.89 bits per heavy atom. The minimum absolute atomic E-state index is 0.00286. The number of carbonyl (C=O) groups is 2. The zero-order valence-corrected chi connectivity index (χ0v) is 21.6. The Bertz CT molecular complexity index is 1290. The zero-order valence-electron chi connectivity index (χ0n) is 20.0. The van der Waals surface area contributed by atoms with Gasteiger partial charge in [-0.1, -0.05) is 35.3 Å². The highest BCUT2D eigenvalue weighted by atomic mass is 35.5. The number of hydrogen-bond donors (Lipinski definition) is 0. The van der Waals surface area contributed by atoms with Crippen molar-refractivity contribution in [3.8, 4) is 5.69 Å². The Morgan fingerprint density at radius 1 is 1.08 bits per heavy atom. The van der Waals surface area contributed by atoms with E-state index in [4.69, 9.17) is 27.9 Å². The summed E-state index contributed by atoms with van der Waals surface area (Å²) in [6, 6.07) is 12.1. The molecular formula is C26H26Cl2N6O3. The smallest absolute Gasteiger partial charge is 0.247 e. The predicted octanol–water partition coefficient (Wildman–Crippen LogP) is 3.10. The molecule has 2 saturated heterocycles. The third kappa shape index (κ3) is 6.07. The van der Waals surface area contributed by atoms with E-state index in [1.807, 2.05) is 12.1 Å². The molecule has 2 aromatic carbocycles. The maximum atomic E-state index is 13.5.